The van der Waals surface area contributed by atoms with E-state index < -0.39 is 0 Å². The Morgan fingerprint density at radius 1 is 1.30 bits per heavy atom. The fourth-order valence-corrected chi connectivity index (χ4v) is 2.70. The Hall–Kier alpha value is -2.37. The number of hydrogen-bond donors (Lipinski definition) is 1. The topological polar surface area (TPSA) is 82.8 Å². The summed E-state index contributed by atoms with van der Waals surface area (Å²) in [6, 6.07) is 1.95. The van der Waals surface area contributed by atoms with Crippen molar-refractivity contribution in [3.8, 4) is 0 Å². The molecule has 2 N–H and O–H groups in total. The molecule has 3 aromatic rings. The van der Waals surface area contributed by atoms with Crippen molar-refractivity contribution in [1.82, 2.24) is 19.7 Å². The molecular formula is C14H17N5O. The molecule has 0 radical (unpaired) electrons. The number of pyridine rings is 1. The number of aryl methyl sites for hydroxylation is 3. The first-order valence-electron chi connectivity index (χ1n) is 6.52. The number of fused-ring (bicyclic) bond motifs is 1. The van der Waals surface area contributed by atoms with Crippen molar-refractivity contribution in [2.75, 3.05) is 5.73 Å². The van der Waals surface area contributed by atoms with Gasteiger partial charge in [-0.1, -0.05) is 5.16 Å². The monoisotopic (exact) mass is 271 g/mol. The maximum absolute atomic E-state index is 6.07. The van der Waals surface area contributed by atoms with E-state index in [4.69, 9.17) is 10.3 Å². The van der Waals surface area contributed by atoms with Gasteiger partial charge in [-0.25, -0.2) is 9.97 Å². The van der Waals surface area contributed by atoms with Crippen LogP contribution in [-0.2, 0) is 0 Å². The minimum atomic E-state index is -0.0264. The van der Waals surface area contributed by atoms with Crippen LogP contribution in [0.4, 0.5) is 5.95 Å². The van der Waals surface area contributed by atoms with Gasteiger partial charge in [-0.05, 0) is 39.3 Å². The van der Waals surface area contributed by atoms with E-state index in [9.17, 15) is 0 Å². The van der Waals surface area contributed by atoms with Crippen LogP contribution in [0.15, 0.2) is 16.8 Å². The van der Waals surface area contributed by atoms with E-state index in [1.54, 1.807) is 0 Å². The van der Waals surface area contributed by atoms with Crippen molar-refractivity contribution in [1.29, 1.82) is 0 Å². The zero-order chi connectivity index (χ0) is 14.4. The average molecular weight is 271 g/mol. The van der Waals surface area contributed by atoms with Crippen molar-refractivity contribution >= 4 is 17.1 Å². The predicted octanol–water partition coefficient (Wildman–Crippen LogP) is 2.54. The second-order valence-corrected chi connectivity index (χ2v) is 5.11. The summed E-state index contributed by atoms with van der Waals surface area (Å²) in [5.74, 6) is 1.24. The van der Waals surface area contributed by atoms with Crippen LogP contribution in [-0.4, -0.2) is 19.7 Å². The fraction of sp³-hybridized carbons (Fsp3) is 0.357. The highest BCUT2D eigenvalue weighted by Crippen LogP contribution is 2.30. The number of rotatable bonds is 2. The third-order valence-corrected chi connectivity index (χ3v) is 3.59. The zero-order valence-corrected chi connectivity index (χ0v) is 12.0. The molecule has 20 heavy (non-hydrogen) atoms. The molecule has 1 atom stereocenters. The van der Waals surface area contributed by atoms with Crippen molar-refractivity contribution in [2.24, 2.45) is 0 Å². The Bertz CT molecular complexity index is 767. The lowest BCUT2D eigenvalue weighted by atomic mass is 10.1. The maximum atomic E-state index is 6.07. The Balaban J connectivity index is 2.22. The molecule has 6 heteroatoms. The van der Waals surface area contributed by atoms with Gasteiger partial charge in [0.15, 0.2) is 5.65 Å². The van der Waals surface area contributed by atoms with E-state index in [1.807, 2.05) is 44.5 Å². The fourth-order valence-electron chi connectivity index (χ4n) is 2.70. The molecule has 0 fully saturated rings. The summed E-state index contributed by atoms with van der Waals surface area (Å²) < 4.78 is 7.16. The lowest BCUT2D eigenvalue weighted by molar-refractivity contribution is 0.391. The van der Waals surface area contributed by atoms with E-state index in [0.29, 0.717) is 5.95 Å². The molecule has 3 heterocycles. The van der Waals surface area contributed by atoms with Gasteiger partial charge < -0.3 is 10.3 Å². The predicted molar refractivity (Wildman–Crippen MR) is 76.5 cm³/mol. The maximum Gasteiger partial charge on any atom is 0.203 e. The zero-order valence-electron chi connectivity index (χ0n) is 12.0. The highest BCUT2D eigenvalue weighted by molar-refractivity contribution is 5.75. The molecule has 0 amide bonds. The number of imidazole rings is 1. The van der Waals surface area contributed by atoms with Gasteiger partial charge in [0.2, 0.25) is 5.95 Å². The summed E-state index contributed by atoms with van der Waals surface area (Å²) in [5, 5.41) is 4.00. The summed E-state index contributed by atoms with van der Waals surface area (Å²) in [5.41, 5.74) is 10.6. The van der Waals surface area contributed by atoms with Crippen LogP contribution in [0.25, 0.3) is 11.2 Å². The molecule has 104 valence electrons. The van der Waals surface area contributed by atoms with Crippen LogP contribution < -0.4 is 5.73 Å². The van der Waals surface area contributed by atoms with Crippen LogP contribution in [0.1, 0.15) is 35.5 Å². The van der Waals surface area contributed by atoms with E-state index in [1.165, 1.54) is 0 Å². The van der Waals surface area contributed by atoms with Crippen molar-refractivity contribution in [2.45, 2.75) is 33.7 Å². The normalized spacial score (nSPS) is 13.0. The SMILES string of the molecule is Cc1cnc2c(c1)nc(N)n2C(C)c1c(C)noc1C. The summed E-state index contributed by atoms with van der Waals surface area (Å²) >= 11 is 0. The molecule has 0 saturated carbocycles. The van der Waals surface area contributed by atoms with Crippen molar-refractivity contribution < 1.29 is 4.52 Å². The molecule has 6 nitrogen and oxygen atoms in total. The Labute approximate surface area is 116 Å². The van der Waals surface area contributed by atoms with Crippen LogP contribution in [0, 0.1) is 20.8 Å². The Kier molecular flexibility index (Phi) is 2.74. The second kappa shape index (κ2) is 4.33. The molecule has 0 aliphatic carbocycles. The highest BCUT2D eigenvalue weighted by Gasteiger charge is 2.22. The van der Waals surface area contributed by atoms with Crippen LogP contribution in [0.3, 0.4) is 0 Å². The van der Waals surface area contributed by atoms with Gasteiger partial charge in [-0.15, -0.1) is 0 Å². The molecule has 1 unspecified atom stereocenters. The number of anilines is 1. The number of nitrogens with two attached hydrogens (primary N) is 1. The lowest BCUT2D eigenvalue weighted by Crippen LogP contribution is -2.12. The van der Waals surface area contributed by atoms with Gasteiger partial charge >= 0.3 is 0 Å². The minimum Gasteiger partial charge on any atom is -0.369 e. The molecule has 0 saturated heterocycles. The van der Waals surface area contributed by atoms with E-state index in [-0.39, 0.29) is 6.04 Å². The highest BCUT2D eigenvalue weighted by atomic mass is 16.5. The van der Waals surface area contributed by atoms with E-state index in [0.717, 1.165) is 33.7 Å². The first kappa shape index (κ1) is 12.7. The summed E-state index contributed by atoms with van der Waals surface area (Å²) in [6.45, 7) is 7.86. The Morgan fingerprint density at radius 2 is 2.05 bits per heavy atom. The first-order chi connectivity index (χ1) is 9.49. The number of nitrogen functional groups attached to an aromatic ring is 1. The molecule has 0 spiro atoms. The van der Waals surface area contributed by atoms with E-state index >= 15 is 0 Å². The van der Waals surface area contributed by atoms with Gasteiger partial charge in [0.05, 0.1) is 11.7 Å². The molecule has 3 rings (SSSR count). The third kappa shape index (κ3) is 1.76. The molecule has 3 aromatic heterocycles. The summed E-state index contributed by atoms with van der Waals surface area (Å²) in [6.07, 6.45) is 1.82. The van der Waals surface area contributed by atoms with Gasteiger partial charge in [0.1, 0.15) is 11.3 Å². The average Bonchev–Trinajstić information content (AvgIpc) is 2.88. The molecule has 0 aliphatic heterocycles. The number of nitrogens with zero attached hydrogens (tertiary/aromatic N) is 4. The lowest BCUT2D eigenvalue weighted by Gasteiger charge is -2.15. The van der Waals surface area contributed by atoms with E-state index in [2.05, 4.69) is 15.1 Å². The summed E-state index contributed by atoms with van der Waals surface area (Å²) in [4.78, 5) is 8.85. The molecular weight excluding hydrogens is 254 g/mol. The summed E-state index contributed by atoms with van der Waals surface area (Å²) in [7, 11) is 0. The van der Waals surface area contributed by atoms with Crippen molar-refractivity contribution in [3.63, 3.8) is 0 Å². The number of aromatic nitrogens is 4. The minimum absolute atomic E-state index is 0.0264. The van der Waals surface area contributed by atoms with Crippen LogP contribution >= 0.6 is 0 Å². The van der Waals surface area contributed by atoms with Crippen molar-refractivity contribution in [3.05, 3.63) is 34.8 Å². The molecule has 0 bridgehead atoms. The van der Waals surface area contributed by atoms with Gasteiger partial charge in [-0.2, -0.15) is 0 Å². The first-order valence-corrected chi connectivity index (χ1v) is 6.52. The Morgan fingerprint density at radius 3 is 2.70 bits per heavy atom. The smallest absolute Gasteiger partial charge is 0.203 e. The second-order valence-electron chi connectivity index (χ2n) is 5.11. The largest absolute Gasteiger partial charge is 0.369 e. The van der Waals surface area contributed by atoms with Crippen LogP contribution in [0.5, 0.6) is 0 Å². The standard InChI is InChI=1S/C14H17N5O/c1-7-5-11-13(16-6-7)19(14(15)17-11)9(3)12-8(2)18-20-10(12)4/h5-6,9H,1-4H3,(H2,15,17). The van der Waals surface area contributed by atoms with Gasteiger partial charge in [0, 0.05) is 11.8 Å². The quantitative estimate of drug-likeness (QED) is 0.774. The van der Waals surface area contributed by atoms with Gasteiger partial charge in [0.25, 0.3) is 0 Å². The molecule has 0 aliphatic rings. The molecule has 0 aromatic carbocycles. The third-order valence-electron chi connectivity index (χ3n) is 3.59. The number of hydrogen-bond acceptors (Lipinski definition) is 5. The van der Waals surface area contributed by atoms with Crippen LogP contribution in [0.2, 0.25) is 0 Å². The van der Waals surface area contributed by atoms with Gasteiger partial charge in [-0.3, -0.25) is 4.57 Å².